The number of likely N-dealkylation sites (tertiary alicyclic amines) is 1. The molecule has 6 nitrogen and oxygen atoms in total. The van der Waals surface area contributed by atoms with Gasteiger partial charge in [0.1, 0.15) is 11.6 Å². The Bertz CT molecular complexity index is 787. The number of hydrogen-bond acceptors (Lipinski definition) is 5. The van der Waals surface area contributed by atoms with Crippen LogP contribution in [0.1, 0.15) is 22.5 Å². The number of nitrogens with zero attached hydrogens (tertiary/aromatic N) is 1. The van der Waals surface area contributed by atoms with Crippen LogP contribution in [0.5, 0.6) is 0 Å². The van der Waals surface area contributed by atoms with E-state index in [0.717, 1.165) is 6.07 Å². The van der Waals surface area contributed by atoms with E-state index in [2.05, 4.69) is 0 Å². The summed E-state index contributed by atoms with van der Waals surface area (Å²) in [7, 11) is 0. The molecular weight excluding hydrogens is 329 g/mol. The molecule has 7 heteroatoms. The monoisotopic (exact) mass is 345 g/mol. The van der Waals surface area contributed by atoms with Gasteiger partial charge in [-0.25, -0.2) is 4.39 Å². The molecule has 1 aromatic heterocycles. The van der Waals surface area contributed by atoms with E-state index in [0.29, 0.717) is 5.76 Å². The predicted molar refractivity (Wildman–Crippen MR) is 83.9 cm³/mol. The van der Waals surface area contributed by atoms with Crippen LogP contribution >= 0.6 is 0 Å². The summed E-state index contributed by atoms with van der Waals surface area (Å²) in [6.45, 7) is 0.0233. The molecule has 0 radical (unpaired) electrons. The summed E-state index contributed by atoms with van der Waals surface area (Å²) in [6.07, 6.45) is 1.55. The molecule has 130 valence electrons. The molecule has 1 fully saturated rings. The van der Waals surface area contributed by atoms with Gasteiger partial charge in [0.25, 0.3) is 0 Å². The van der Waals surface area contributed by atoms with Crippen molar-refractivity contribution in [3.8, 4) is 0 Å². The zero-order chi connectivity index (χ0) is 17.8. The van der Waals surface area contributed by atoms with E-state index in [-0.39, 0.29) is 31.0 Å². The number of carbonyl (C=O) groups is 3. The van der Waals surface area contributed by atoms with E-state index in [1.54, 1.807) is 12.1 Å². The van der Waals surface area contributed by atoms with Gasteiger partial charge >= 0.3 is 5.97 Å². The third kappa shape index (κ3) is 4.12. The Hall–Kier alpha value is -2.96. The molecule has 2 heterocycles. The standard InChI is InChI=1S/C18H16FNO5/c19-14-4-1-3-12(7-14)16(21)11-25-18(23)13-8-17(22)20(9-13)10-15-5-2-6-24-15/h1-7,13H,8-11H2/t13-/m1/s1. The van der Waals surface area contributed by atoms with Crippen LogP contribution in [0, 0.1) is 11.7 Å². The van der Waals surface area contributed by atoms with E-state index >= 15 is 0 Å². The summed E-state index contributed by atoms with van der Waals surface area (Å²) in [6, 6.07) is 8.63. The largest absolute Gasteiger partial charge is 0.467 e. The minimum absolute atomic E-state index is 0.0354. The van der Waals surface area contributed by atoms with Gasteiger partial charge in [-0.15, -0.1) is 0 Å². The second-order valence-electron chi connectivity index (χ2n) is 5.80. The molecule has 0 N–H and O–H groups in total. The first kappa shape index (κ1) is 16.9. The van der Waals surface area contributed by atoms with Gasteiger partial charge in [-0.2, -0.15) is 0 Å². The average Bonchev–Trinajstić information content (AvgIpc) is 3.23. The Labute approximate surface area is 143 Å². The highest BCUT2D eigenvalue weighted by Crippen LogP contribution is 2.21. The Morgan fingerprint density at radius 3 is 2.84 bits per heavy atom. The van der Waals surface area contributed by atoms with Crippen molar-refractivity contribution in [3.63, 3.8) is 0 Å². The maximum atomic E-state index is 13.1. The van der Waals surface area contributed by atoms with Crippen molar-refractivity contribution in [2.24, 2.45) is 5.92 Å². The zero-order valence-corrected chi connectivity index (χ0v) is 13.3. The van der Waals surface area contributed by atoms with Gasteiger partial charge in [-0.1, -0.05) is 12.1 Å². The van der Waals surface area contributed by atoms with Crippen LogP contribution in [-0.4, -0.2) is 35.7 Å². The number of Topliss-reactive ketones (excluding diaryl/α,β-unsaturated/α-hetero) is 1. The van der Waals surface area contributed by atoms with E-state index < -0.39 is 30.1 Å². The summed E-state index contributed by atoms with van der Waals surface area (Å²) in [5.74, 6) is -1.81. The third-order valence-corrected chi connectivity index (χ3v) is 3.97. The van der Waals surface area contributed by atoms with E-state index in [4.69, 9.17) is 9.15 Å². The number of furan rings is 1. The minimum Gasteiger partial charge on any atom is -0.467 e. The molecule has 1 atom stereocenters. The molecule has 1 aliphatic rings. The molecule has 0 bridgehead atoms. The van der Waals surface area contributed by atoms with Crippen LogP contribution < -0.4 is 0 Å². The highest BCUT2D eigenvalue weighted by molar-refractivity contribution is 5.98. The molecule has 3 rings (SSSR count). The van der Waals surface area contributed by atoms with Crippen molar-refractivity contribution < 1.29 is 27.9 Å². The predicted octanol–water partition coefficient (Wildman–Crippen LogP) is 2.19. The van der Waals surface area contributed by atoms with Crippen LogP contribution in [0.25, 0.3) is 0 Å². The number of rotatable bonds is 6. The van der Waals surface area contributed by atoms with Crippen LogP contribution in [-0.2, 0) is 20.9 Å². The highest BCUT2D eigenvalue weighted by Gasteiger charge is 2.35. The van der Waals surface area contributed by atoms with Crippen molar-refractivity contribution in [1.82, 2.24) is 4.90 Å². The Morgan fingerprint density at radius 2 is 2.12 bits per heavy atom. The summed E-state index contributed by atoms with van der Waals surface area (Å²) < 4.78 is 23.3. The number of amides is 1. The van der Waals surface area contributed by atoms with Crippen molar-refractivity contribution >= 4 is 17.7 Å². The lowest BCUT2D eigenvalue weighted by Crippen LogP contribution is -2.27. The molecule has 0 saturated carbocycles. The number of ketones is 1. The first-order valence-electron chi connectivity index (χ1n) is 7.78. The third-order valence-electron chi connectivity index (χ3n) is 3.97. The van der Waals surface area contributed by atoms with E-state index in [9.17, 15) is 18.8 Å². The smallest absolute Gasteiger partial charge is 0.311 e. The lowest BCUT2D eigenvalue weighted by Gasteiger charge is -2.14. The molecule has 1 saturated heterocycles. The van der Waals surface area contributed by atoms with Gasteiger partial charge in [0.05, 0.1) is 18.7 Å². The highest BCUT2D eigenvalue weighted by atomic mass is 19.1. The summed E-state index contributed by atoms with van der Waals surface area (Å²) in [5.41, 5.74) is 0.134. The number of hydrogen-bond donors (Lipinski definition) is 0. The lowest BCUT2D eigenvalue weighted by molar-refractivity contribution is -0.147. The van der Waals surface area contributed by atoms with Crippen molar-refractivity contribution in [2.45, 2.75) is 13.0 Å². The Kier molecular flexibility index (Phi) is 4.92. The summed E-state index contributed by atoms with van der Waals surface area (Å²) in [4.78, 5) is 37.5. The molecule has 1 aromatic carbocycles. The van der Waals surface area contributed by atoms with Gasteiger partial charge < -0.3 is 14.1 Å². The number of benzene rings is 1. The van der Waals surface area contributed by atoms with Crippen molar-refractivity contribution in [2.75, 3.05) is 13.2 Å². The number of halogens is 1. The fourth-order valence-corrected chi connectivity index (χ4v) is 2.67. The maximum absolute atomic E-state index is 13.1. The second kappa shape index (κ2) is 7.29. The van der Waals surface area contributed by atoms with Gasteiger partial charge in [-0.3, -0.25) is 14.4 Å². The SMILES string of the molecule is O=C(COC(=O)[C@@H]1CC(=O)N(Cc2ccco2)C1)c1cccc(F)c1. The van der Waals surface area contributed by atoms with Crippen LogP contribution in [0.3, 0.4) is 0 Å². The number of ether oxygens (including phenoxy) is 1. The maximum Gasteiger partial charge on any atom is 0.311 e. The summed E-state index contributed by atoms with van der Waals surface area (Å²) in [5, 5.41) is 0. The Morgan fingerprint density at radius 1 is 1.28 bits per heavy atom. The molecule has 0 unspecified atom stereocenters. The normalized spacial score (nSPS) is 16.9. The van der Waals surface area contributed by atoms with Gasteiger partial charge in [0.2, 0.25) is 5.91 Å². The summed E-state index contributed by atoms with van der Waals surface area (Å²) >= 11 is 0. The van der Waals surface area contributed by atoms with Crippen molar-refractivity contribution in [1.29, 1.82) is 0 Å². The molecule has 1 aliphatic heterocycles. The second-order valence-corrected chi connectivity index (χ2v) is 5.80. The van der Waals surface area contributed by atoms with Crippen LogP contribution in [0.4, 0.5) is 4.39 Å². The molecule has 1 amide bonds. The lowest BCUT2D eigenvalue weighted by atomic mass is 10.1. The molecule has 2 aromatic rings. The first-order valence-corrected chi connectivity index (χ1v) is 7.78. The average molecular weight is 345 g/mol. The van der Waals surface area contributed by atoms with Gasteiger partial charge in [-0.05, 0) is 24.3 Å². The fourth-order valence-electron chi connectivity index (χ4n) is 2.67. The Balaban J connectivity index is 1.52. The van der Waals surface area contributed by atoms with Gasteiger partial charge in [0, 0.05) is 18.5 Å². The van der Waals surface area contributed by atoms with Crippen molar-refractivity contribution in [3.05, 3.63) is 59.8 Å². The van der Waals surface area contributed by atoms with E-state index in [1.807, 2.05) is 0 Å². The number of carbonyl (C=O) groups excluding carboxylic acids is 3. The van der Waals surface area contributed by atoms with Crippen LogP contribution in [0.2, 0.25) is 0 Å². The molecule has 0 aliphatic carbocycles. The van der Waals surface area contributed by atoms with Crippen LogP contribution in [0.15, 0.2) is 47.1 Å². The topological polar surface area (TPSA) is 76.8 Å². The molecule has 25 heavy (non-hydrogen) atoms. The molecular formula is C18H16FNO5. The quantitative estimate of drug-likeness (QED) is 0.592. The van der Waals surface area contributed by atoms with Gasteiger partial charge in [0.15, 0.2) is 12.4 Å². The first-order chi connectivity index (χ1) is 12.0. The molecule has 0 spiro atoms. The number of esters is 1. The minimum atomic E-state index is -0.622. The fraction of sp³-hybridized carbons (Fsp3) is 0.278. The van der Waals surface area contributed by atoms with E-state index in [1.165, 1.54) is 29.4 Å². The zero-order valence-electron chi connectivity index (χ0n) is 13.3.